The number of ketones is 1. The molecule has 1 aliphatic carbocycles. The molecule has 26 heavy (non-hydrogen) atoms. The largest absolute Gasteiger partial charge is 0.495 e. The number of ether oxygens (including phenoxy) is 1. The molecule has 0 saturated heterocycles. The first-order chi connectivity index (χ1) is 12.4. The number of Topliss-reactive ketones (excluding diaryl/α,β-unsaturated/α-hetero) is 1. The molecule has 136 valence electrons. The van der Waals surface area contributed by atoms with Gasteiger partial charge in [0.15, 0.2) is 5.78 Å². The Hall–Kier alpha value is -2.08. The Morgan fingerprint density at radius 1 is 1.58 bits per heavy atom. The molecule has 1 atom stereocenters. The van der Waals surface area contributed by atoms with Gasteiger partial charge in [0.25, 0.3) is 0 Å². The Morgan fingerprint density at radius 2 is 2.31 bits per heavy atom. The van der Waals surface area contributed by atoms with Gasteiger partial charge in [0, 0.05) is 23.6 Å². The average molecular weight is 443 g/mol. The van der Waals surface area contributed by atoms with E-state index in [0.717, 1.165) is 0 Å². The summed E-state index contributed by atoms with van der Waals surface area (Å²) in [5.74, 6) is -1.64. The highest BCUT2D eigenvalue weighted by molar-refractivity contribution is 9.10. The van der Waals surface area contributed by atoms with Crippen molar-refractivity contribution in [2.24, 2.45) is 11.1 Å². The fourth-order valence-electron chi connectivity index (χ4n) is 2.62. The van der Waals surface area contributed by atoms with Gasteiger partial charge in [-0.05, 0) is 39.3 Å². The number of carbonyl (C=O) groups excluding carboxylic acids is 1. The lowest BCUT2D eigenvalue weighted by Crippen LogP contribution is -2.19. The summed E-state index contributed by atoms with van der Waals surface area (Å²) in [6.07, 6.45) is 2.33. The molecular weight excluding hydrogens is 429 g/mol. The minimum absolute atomic E-state index is 0.0212. The lowest BCUT2D eigenvalue weighted by atomic mass is 9.89. The maximum atomic E-state index is 13.6. The first-order valence-electron chi connectivity index (χ1n) is 7.50. The first-order valence-corrected chi connectivity index (χ1v) is 8.68. The van der Waals surface area contributed by atoms with E-state index in [-0.39, 0.29) is 40.3 Å². The summed E-state index contributed by atoms with van der Waals surface area (Å²) < 4.78 is 19.2. The van der Waals surface area contributed by atoms with E-state index in [9.17, 15) is 14.1 Å². The molecule has 0 heterocycles. The number of nitriles is 1. The summed E-state index contributed by atoms with van der Waals surface area (Å²) in [5.41, 5.74) is 0.403. The van der Waals surface area contributed by atoms with Gasteiger partial charge in [-0.3, -0.25) is 4.79 Å². The standard InChI is InChI=1S/C17H14BrClFN3O3/c1-26-17-9(8-22-5-4-21)6-13(23-25)14(15(17)18)16(24)11-7-10(20)2-3-12(11)19/h2-3,6,11,22H,5,7-8H2,1H3. The quantitative estimate of drug-likeness (QED) is 0.287. The molecule has 2 rings (SSSR count). The number of methoxy groups -OCH3 is 1. The number of rotatable bonds is 7. The molecule has 6 nitrogen and oxygen atoms in total. The lowest BCUT2D eigenvalue weighted by molar-refractivity contribution is 0.0938. The minimum atomic E-state index is -0.939. The van der Waals surface area contributed by atoms with Crippen LogP contribution in [0.4, 0.5) is 10.1 Å². The summed E-state index contributed by atoms with van der Waals surface area (Å²) in [6.45, 7) is 0.327. The maximum Gasteiger partial charge on any atom is 0.175 e. The first kappa shape index (κ1) is 20.2. The molecule has 9 heteroatoms. The van der Waals surface area contributed by atoms with Gasteiger partial charge in [0.1, 0.15) is 17.3 Å². The molecule has 1 aliphatic rings. The van der Waals surface area contributed by atoms with Crippen LogP contribution in [-0.2, 0) is 6.54 Å². The highest BCUT2D eigenvalue weighted by Gasteiger charge is 2.32. The zero-order valence-corrected chi connectivity index (χ0v) is 16.0. The molecule has 0 aromatic heterocycles. The van der Waals surface area contributed by atoms with Gasteiger partial charge in [-0.1, -0.05) is 11.6 Å². The SMILES string of the molecule is COc1c(CNCC#N)cc(N=O)c(C(=O)C2CC(F)=CC=C2Cl)c1Br. The van der Waals surface area contributed by atoms with Crippen molar-refractivity contribution in [3.8, 4) is 11.8 Å². The Kier molecular flexibility index (Phi) is 7.03. The predicted molar refractivity (Wildman–Crippen MR) is 99.0 cm³/mol. The van der Waals surface area contributed by atoms with Crippen molar-refractivity contribution in [2.75, 3.05) is 13.7 Å². The number of hydrogen-bond acceptors (Lipinski definition) is 6. The van der Waals surface area contributed by atoms with Crippen LogP contribution in [0.5, 0.6) is 5.75 Å². The van der Waals surface area contributed by atoms with Gasteiger partial charge in [-0.25, -0.2) is 4.39 Å². The fourth-order valence-corrected chi connectivity index (χ4v) is 3.67. The number of halogens is 3. The molecule has 1 N–H and O–H groups in total. The number of allylic oxidation sites excluding steroid dienone is 4. The zero-order chi connectivity index (χ0) is 19.3. The molecule has 0 amide bonds. The summed E-state index contributed by atoms with van der Waals surface area (Å²) in [7, 11) is 1.41. The van der Waals surface area contributed by atoms with E-state index < -0.39 is 17.5 Å². The van der Waals surface area contributed by atoms with E-state index in [2.05, 4.69) is 26.4 Å². The highest BCUT2D eigenvalue weighted by atomic mass is 79.9. The van der Waals surface area contributed by atoms with Crippen LogP contribution >= 0.6 is 27.5 Å². The van der Waals surface area contributed by atoms with Crippen molar-refractivity contribution in [2.45, 2.75) is 13.0 Å². The molecule has 1 aromatic rings. The molecule has 0 fully saturated rings. The summed E-state index contributed by atoms with van der Waals surface area (Å²) >= 11 is 9.35. The van der Waals surface area contributed by atoms with Crippen molar-refractivity contribution < 1.29 is 13.9 Å². The molecule has 0 radical (unpaired) electrons. The van der Waals surface area contributed by atoms with Gasteiger partial charge < -0.3 is 10.1 Å². The maximum absolute atomic E-state index is 13.6. The van der Waals surface area contributed by atoms with Gasteiger partial charge in [0.05, 0.1) is 35.7 Å². The molecule has 1 unspecified atom stereocenters. The summed E-state index contributed by atoms with van der Waals surface area (Å²) in [5, 5.41) is 14.6. The predicted octanol–water partition coefficient (Wildman–Crippen LogP) is 4.65. The Bertz CT molecular complexity index is 849. The van der Waals surface area contributed by atoms with Crippen molar-refractivity contribution in [1.29, 1.82) is 5.26 Å². The average Bonchev–Trinajstić information content (AvgIpc) is 2.63. The van der Waals surface area contributed by atoms with Crippen molar-refractivity contribution in [1.82, 2.24) is 5.32 Å². The number of carbonyl (C=O) groups is 1. The number of benzene rings is 1. The van der Waals surface area contributed by atoms with E-state index in [4.69, 9.17) is 21.6 Å². The van der Waals surface area contributed by atoms with E-state index in [1.807, 2.05) is 6.07 Å². The van der Waals surface area contributed by atoms with Crippen LogP contribution in [0.2, 0.25) is 0 Å². The smallest absolute Gasteiger partial charge is 0.175 e. The van der Waals surface area contributed by atoms with Crippen LogP contribution in [0, 0.1) is 22.2 Å². The van der Waals surface area contributed by atoms with Crippen LogP contribution in [0.1, 0.15) is 22.3 Å². The highest BCUT2D eigenvalue weighted by Crippen LogP contribution is 2.42. The van der Waals surface area contributed by atoms with E-state index in [0.29, 0.717) is 11.3 Å². The zero-order valence-electron chi connectivity index (χ0n) is 13.7. The lowest BCUT2D eigenvalue weighted by Gasteiger charge is -2.20. The molecule has 0 saturated carbocycles. The summed E-state index contributed by atoms with van der Waals surface area (Å²) in [6, 6.07) is 3.34. The van der Waals surface area contributed by atoms with Crippen molar-refractivity contribution in [3.05, 3.63) is 49.6 Å². The monoisotopic (exact) mass is 441 g/mol. The Balaban J connectivity index is 2.50. The number of nitrogens with zero attached hydrogens (tertiary/aromatic N) is 2. The van der Waals surface area contributed by atoms with Crippen LogP contribution in [0.15, 0.2) is 38.7 Å². The molecule has 1 aromatic carbocycles. The van der Waals surface area contributed by atoms with Gasteiger partial charge in [-0.15, -0.1) is 4.91 Å². The molecule has 0 aliphatic heterocycles. The van der Waals surface area contributed by atoms with Gasteiger partial charge in [0.2, 0.25) is 0 Å². The Labute approximate surface area is 162 Å². The number of hydrogen-bond donors (Lipinski definition) is 1. The van der Waals surface area contributed by atoms with Crippen molar-refractivity contribution >= 4 is 39.0 Å². The van der Waals surface area contributed by atoms with E-state index >= 15 is 0 Å². The van der Waals surface area contributed by atoms with Gasteiger partial charge >= 0.3 is 0 Å². The Morgan fingerprint density at radius 3 is 2.92 bits per heavy atom. The van der Waals surface area contributed by atoms with Crippen LogP contribution in [-0.4, -0.2) is 19.4 Å². The minimum Gasteiger partial charge on any atom is -0.495 e. The van der Waals surface area contributed by atoms with Crippen LogP contribution < -0.4 is 10.1 Å². The van der Waals surface area contributed by atoms with E-state index in [1.54, 1.807) is 0 Å². The second-order valence-electron chi connectivity index (χ2n) is 5.42. The fraction of sp³-hybridized carbons (Fsp3) is 0.294. The third-order valence-corrected chi connectivity index (χ3v) is 4.96. The second-order valence-corrected chi connectivity index (χ2v) is 6.65. The normalized spacial score (nSPS) is 16.3. The van der Waals surface area contributed by atoms with Crippen molar-refractivity contribution in [3.63, 3.8) is 0 Å². The van der Waals surface area contributed by atoms with Gasteiger partial charge in [-0.2, -0.15) is 5.26 Å². The third kappa shape index (κ3) is 4.18. The third-order valence-electron chi connectivity index (χ3n) is 3.82. The molecular formula is C17H14BrClFN3O3. The number of nitroso groups, excluding NO2 is 1. The second kappa shape index (κ2) is 9.03. The molecule has 0 bridgehead atoms. The van der Waals surface area contributed by atoms with Crippen LogP contribution in [0.3, 0.4) is 0 Å². The summed E-state index contributed by atoms with van der Waals surface area (Å²) in [4.78, 5) is 24.3. The van der Waals surface area contributed by atoms with E-state index in [1.165, 1.54) is 25.3 Å². The number of nitrogens with one attached hydrogen (secondary N) is 1. The topological polar surface area (TPSA) is 91.5 Å². The molecule has 0 spiro atoms. The van der Waals surface area contributed by atoms with Crippen LogP contribution in [0.25, 0.3) is 0 Å².